The molecule has 4 rings (SSSR count). The second kappa shape index (κ2) is 7.91. The summed E-state index contributed by atoms with van der Waals surface area (Å²) >= 11 is 6.25. The van der Waals surface area contributed by atoms with E-state index in [1.807, 2.05) is 0 Å². The van der Waals surface area contributed by atoms with E-state index in [1.54, 1.807) is 13.8 Å². The number of ether oxygens (including phenoxy) is 1. The van der Waals surface area contributed by atoms with Crippen LogP contribution < -0.4 is 10.1 Å². The smallest absolute Gasteiger partial charge is 0.419 e. The molecule has 182 valence electrons. The first-order valence-electron chi connectivity index (χ1n) is 10.2. The Bertz CT molecular complexity index is 1300. The van der Waals surface area contributed by atoms with E-state index in [4.69, 9.17) is 16.3 Å². The van der Waals surface area contributed by atoms with Crippen LogP contribution in [0.3, 0.4) is 0 Å². The predicted octanol–water partition coefficient (Wildman–Crippen LogP) is 6.01. The van der Waals surface area contributed by atoms with Gasteiger partial charge in [-0.3, -0.25) is 0 Å². The second-order valence-corrected chi connectivity index (χ2v) is 9.41. The van der Waals surface area contributed by atoms with Crippen molar-refractivity contribution in [1.82, 2.24) is 9.97 Å². The fraction of sp³-hybridized carbons (Fsp3) is 0.391. The van der Waals surface area contributed by atoms with Crippen LogP contribution in [0.25, 0.3) is 10.9 Å². The van der Waals surface area contributed by atoms with Gasteiger partial charge in [-0.1, -0.05) is 31.5 Å². The zero-order valence-electron chi connectivity index (χ0n) is 18.6. The Morgan fingerprint density at radius 1 is 1.24 bits per heavy atom. The lowest BCUT2D eigenvalue weighted by molar-refractivity contribution is -0.275. The van der Waals surface area contributed by atoms with Gasteiger partial charge in [0.2, 0.25) is 0 Å². The molecule has 2 aromatic carbocycles. The molecule has 0 fully saturated rings. The number of aryl methyl sites for hydroxylation is 1. The summed E-state index contributed by atoms with van der Waals surface area (Å²) in [7, 11) is 1.34. The molecule has 0 radical (unpaired) electrons. The summed E-state index contributed by atoms with van der Waals surface area (Å²) in [6.45, 7) is 4.55. The second-order valence-electron chi connectivity index (χ2n) is 9.00. The molecular formula is C23H21ClF5N3O2. The van der Waals surface area contributed by atoms with Gasteiger partial charge in [0.15, 0.2) is 17.2 Å². The van der Waals surface area contributed by atoms with Gasteiger partial charge in [0.1, 0.15) is 17.1 Å². The van der Waals surface area contributed by atoms with E-state index in [9.17, 15) is 27.1 Å². The highest BCUT2D eigenvalue weighted by Gasteiger charge is 2.64. The lowest BCUT2D eigenvalue weighted by atomic mass is 9.63. The third kappa shape index (κ3) is 3.63. The van der Waals surface area contributed by atoms with Crippen molar-refractivity contribution >= 4 is 28.2 Å². The van der Waals surface area contributed by atoms with Crippen molar-refractivity contribution < 1.29 is 31.8 Å². The Morgan fingerprint density at radius 3 is 2.53 bits per heavy atom. The van der Waals surface area contributed by atoms with Crippen LogP contribution in [-0.4, -0.2) is 34.0 Å². The first-order chi connectivity index (χ1) is 15.7. The average molecular weight is 502 g/mol. The molecular weight excluding hydrogens is 481 g/mol. The molecule has 0 saturated carbocycles. The van der Waals surface area contributed by atoms with Gasteiger partial charge in [0.05, 0.1) is 18.2 Å². The SMILES string of the molecule is COc1c(Cl)ccc2c1C(C)(C)CC(O)(C(F)(F)F)C2Nc1cc(F)c(F)c2nc(C)ncc12. The number of alkyl halides is 3. The van der Waals surface area contributed by atoms with Crippen molar-refractivity contribution in [3.63, 3.8) is 0 Å². The first kappa shape index (κ1) is 24.4. The lowest BCUT2D eigenvalue weighted by Crippen LogP contribution is -2.58. The van der Waals surface area contributed by atoms with Gasteiger partial charge in [-0.2, -0.15) is 13.2 Å². The van der Waals surface area contributed by atoms with E-state index in [2.05, 4.69) is 15.3 Å². The zero-order chi connectivity index (χ0) is 25.2. The zero-order valence-corrected chi connectivity index (χ0v) is 19.4. The molecule has 34 heavy (non-hydrogen) atoms. The monoisotopic (exact) mass is 501 g/mol. The van der Waals surface area contributed by atoms with E-state index >= 15 is 0 Å². The van der Waals surface area contributed by atoms with Crippen LogP contribution in [0.15, 0.2) is 24.4 Å². The highest BCUT2D eigenvalue weighted by atomic mass is 35.5. The molecule has 5 nitrogen and oxygen atoms in total. The quantitative estimate of drug-likeness (QED) is 0.430. The minimum absolute atomic E-state index is 0.0404. The summed E-state index contributed by atoms with van der Waals surface area (Å²) in [5.41, 5.74) is -4.65. The number of methoxy groups -OCH3 is 1. The molecule has 0 saturated heterocycles. The van der Waals surface area contributed by atoms with Crippen molar-refractivity contribution in [2.75, 3.05) is 12.4 Å². The molecule has 2 atom stereocenters. The van der Waals surface area contributed by atoms with Gasteiger partial charge in [-0.05, 0) is 30.4 Å². The fourth-order valence-corrected chi connectivity index (χ4v) is 5.02. The predicted molar refractivity (Wildman–Crippen MR) is 117 cm³/mol. The molecule has 11 heteroatoms. The number of nitrogens with one attached hydrogen (secondary N) is 1. The maximum Gasteiger partial charge on any atom is 0.419 e. The number of nitrogens with zero attached hydrogens (tertiary/aromatic N) is 2. The fourth-order valence-electron chi connectivity index (χ4n) is 4.78. The number of halogens is 6. The summed E-state index contributed by atoms with van der Waals surface area (Å²) in [4.78, 5) is 7.85. The van der Waals surface area contributed by atoms with Gasteiger partial charge in [-0.25, -0.2) is 18.7 Å². The number of anilines is 1. The number of aromatic nitrogens is 2. The summed E-state index contributed by atoms with van der Waals surface area (Å²) in [6, 6.07) is 1.64. The Kier molecular flexibility index (Phi) is 5.68. The Labute approximate surface area is 196 Å². The average Bonchev–Trinajstić information content (AvgIpc) is 2.73. The van der Waals surface area contributed by atoms with E-state index < -0.39 is 46.8 Å². The van der Waals surface area contributed by atoms with E-state index in [1.165, 1.54) is 32.4 Å². The molecule has 0 amide bonds. The van der Waals surface area contributed by atoms with Crippen molar-refractivity contribution in [3.05, 3.63) is 58.0 Å². The largest absolute Gasteiger partial charge is 0.495 e. The maximum absolute atomic E-state index is 14.4. The molecule has 1 heterocycles. The molecule has 1 aliphatic rings. The minimum Gasteiger partial charge on any atom is -0.495 e. The van der Waals surface area contributed by atoms with Gasteiger partial charge in [0, 0.05) is 28.9 Å². The highest BCUT2D eigenvalue weighted by molar-refractivity contribution is 6.32. The minimum atomic E-state index is -5.08. The Hall–Kier alpha value is -2.72. The molecule has 0 bridgehead atoms. The number of fused-ring (bicyclic) bond motifs is 2. The van der Waals surface area contributed by atoms with Crippen molar-refractivity contribution in [2.24, 2.45) is 0 Å². The molecule has 0 aliphatic heterocycles. The van der Waals surface area contributed by atoms with Crippen molar-refractivity contribution in [1.29, 1.82) is 0 Å². The van der Waals surface area contributed by atoms with Gasteiger partial charge in [-0.15, -0.1) is 0 Å². The number of hydrogen-bond donors (Lipinski definition) is 2. The lowest BCUT2D eigenvalue weighted by Gasteiger charge is -2.49. The van der Waals surface area contributed by atoms with Crippen LogP contribution in [0.4, 0.5) is 27.6 Å². The van der Waals surface area contributed by atoms with Crippen molar-refractivity contribution in [2.45, 2.75) is 50.4 Å². The Balaban J connectivity index is 2.01. The van der Waals surface area contributed by atoms with Crippen LogP contribution >= 0.6 is 11.6 Å². The van der Waals surface area contributed by atoms with Gasteiger partial charge in [0.25, 0.3) is 0 Å². The van der Waals surface area contributed by atoms with E-state index in [0.717, 1.165) is 6.07 Å². The Morgan fingerprint density at radius 2 is 1.91 bits per heavy atom. The molecule has 0 spiro atoms. The molecule has 2 unspecified atom stereocenters. The standard InChI is InChI=1S/C23H21ClF5N3O2/c1-10-30-8-12-15(7-14(25)17(26)18(12)31-10)32-20-11-5-6-13(24)19(34-4)16(11)21(2,3)9-22(20,33)23(27,28)29/h5-8,20,32-33H,9H2,1-4H3. The van der Waals surface area contributed by atoms with E-state index in [-0.39, 0.29) is 33.2 Å². The number of rotatable bonds is 3. The topological polar surface area (TPSA) is 67.3 Å². The molecule has 3 aromatic rings. The number of benzene rings is 2. The maximum atomic E-state index is 14.4. The number of aliphatic hydroxyl groups is 1. The van der Waals surface area contributed by atoms with Crippen LogP contribution in [0.5, 0.6) is 5.75 Å². The molecule has 1 aromatic heterocycles. The van der Waals surface area contributed by atoms with Gasteiger partial charge >= 0.3 is 6.18 Å². The molecule has 2 N–H and O–H groups in total. The van der Waals surface area contributed by atoms with Gasteiger partial charge < -0.3 is 15.2 Å². The van der Waals surface area contributed by atoms with Crippen molar-refractivity contribution in [3.8, 4) is 5.75 Å². The van der Waals surface area contributed by atoms with Crippen LogP contribution in [-0.2, 0) is 5.41 Å². The highest BCUT2D eigenvalue weighted by Crippen LogP contribution is 2.57. The van der Waals surface area contributed by atoms with Crippen LogP contribution in [0.1, 0.15) is 43.3 Å². The summed E-state index contributed by atoms with van der Waals surface area (Å²) in [5, 5.41) is 13.9. The van der Waals surface area contributed by atoms with Crippen LogP contribution in [0, 0.1) is 18.6 Å². The third-order valence-corrected chi connectivity index (χ3v) is 6.50. The summed E-state index contributed by atoms with van der Waals surface area (Å²) in [6.07, 6.45) is -4.64. The van der Waals surface area contributed by atoms with E-state index in [0.29, 0.717) is 5.56 Å². The molecule has 1 aliphatic carbocycles. The summed E-state index contributed by atoms with van der Waals surface area (Å²) in [5.74, 6) is -2.24. The normalized spacial score (nSPS) is 21.9. The number of hydrogen-bond acceptors (Lipinski definition) is 5. The third-order valence-electron chi connectivity index (χ3n) is 6.20. The first-order valence-corrected chi connectivity index (χ1v) is 10.6. The summed E-state index contributed by atoms with van der Waals surface area (Å²) < 4.78 is 77.4. The van der Waals surface area contributed by atoms with Crippen LogP contribution in [0.2, 0.25) is 5.02 Å².